The molecule has 0 spiro atoms. The Morgan fingerprint density at radius 3 is 2.90 bits per heavy atom. The van der Waals surface area contributed by atoms with Crippen LogP contribution in [0.4, 0.5) is 5.82 Å². The molecule has 1 aliphatic rings. The van der Waals surface area contributed by atoms with Gasteiger partial charge in [0.15, 0.2) is 0 Å². The second kappa shape index (κ2) is 7.73. The molecule has 0 radical (unpaired) electrons. The van der Waals surface area contributed by atoms with Crippen LogP contribution in [0, 0.1) is 5.92 Å². The first-order valence-corrected chi connectivity index (χ1v) is 7.65. The van der Waals surface area contributed by atoms with Gasteiger partial charge < -0.3 is 14.7 Å². The van der Waals surface area contributed by atoms with Gasteiger partial charge in [0.1, 0.15) is 5.82 Å². The van der Waals surface area contributed by atoms with E-state index in [1.54, 1.807) is 7.11 Å². The first kappa shape index (κ1) is 16.2. The Labute approximate surface area is 127 Å². The van der Waals surface area contributed by atoms with Crippen molar-refractivity contribution in [2.24, 2.45) is 5.92 Å². The van der Waals surface area contributed by atoms with Gasteiger partial charge in [-0.25, -0.2) is 4.98 Å². The number of aliphatic hydroxyl groups excluding tert-OH is 1. The highest BCUT2D eigenvalue weighted by atomic mass is 16.5. The minimum absolute atomic E-state index is 0.142. The van der Waals surface area contributed by atoms with E-state index in [4.69, 9.17) is 4.74 Å². The van der Waals surface area contributed by atoms with Gasteiger partial charge in [0, 0.05) is 46.5 Å². The monoisotopic (exact) mass is 293 g/mol. The zero-order chi connectivity index (χ0) is 15.2. The average molecular weight is 293 g/mol. The molecule has 1 fully saturated rings. The molecule has 0 saturated carbocycles. The van der Waals surface area contributed by atoms with Gasteiger partial charge in [0.25, 0.3) is 0 Å². The molecular weight excluding hydrogens is 266 g/mol. The molecule has 1 aromatic rings. The molecule has 1 aromatic heterocycles. The third-order valence-corrected chi connectivity index (χ3v) is 4.18. The van der Waals surface area contributed by atoms with Crippen LogP contribution in [0.25, 0.3) is 0 Å². The lowest BCUT2D eigenvalue weighted by Gasteiger charge is -2.34. The summed E-state index contributed by atoms with van der Waals surface area (Å²) in [6, 6.07) is 4.20. The Bertz CT molecular complexity index is 424. The van der Waals surface area contributed by atoms with Crippen molar-refractivity contribution in [1.29, 1.82) is 0 Å². The van der Waals surface area contributed by atoms with Crippen LogP contribution in [0.5, 0.6) is 0 Å². The van der Waals surface area contributed by atoms with Crippen molar-refractivity contribution in [2.45, 2.75) is 26.0 Å². The molecule has 1 saturated heterocycles. The molecule has 118 valence electrons. The molecular formula is C16H27N3O2. The predicted molar refractivity (Wildman–Crippen MR) is 84.4 cm³/mol. The molecule has 0 bridgehead atoms. The Kier molecular flexibility index (Phi) is 5.96. The zero-order valence-electron chi connectivity index (χ0n) is 13.3. The van der Waals surface area contributed by atoms with E-state index in [0.29, 0.717) is 12.5 Å². The van der Waals surface area contributed by atoms with Gasteiger partial charge in [-0.1, -0.05) is 13.0 Å². The smallest absolute Gasteiger partial charge is 0.128 e. The zero-order valence-corrected chi connectivity index (χ0v) is 13.3. The summed E-state index contributed by atoms with van der Waals surface area (Å²) in [6.45, 7) is 6.48. The van der Waals surface area contributed by atoms with E-state index in [1.807, 2.05) is 13.2 Å². The molecule has 1 N–H and O–H groups in total. The third-order valence-electron chi connectivity index (χ3n) is 4.18. The van der Waals surface area contributed by atoms with Crippen LogP contribution in [-0.4, -0.2) is 61.5 Å². The number of aliphatic hydroxyl groups is 1. The lowest BCUT2D eigenvalue weighted by molar-refractivity contribution is 0.0320. The molecule has 0 aliphatic carbocycles. The summed E-state index contributed by atoms with van der Waals surface area (Å²) in [5.41, 5.74) is 1.22. The van der Waals surface area contributed by atoms with Crippen LogP contribution in [0.3, 0.4) is 0 Å². The Morgan fingerprint density at radius 1 is 1.48 bits per heavy atom. The van der Waals surface area contributed by atoms with E-state index in [2.05, 4.69) is 33.8 Å². The van der Waals surface area contributed by atoms with Gasteiger partial charge in [-0.05, 0) is 24.0 Å². The van der Waals surface area contributed by atoms with Gasteiger partial charge in [0.2, 0.25) is 0 Å². The van der Waals surface area contributed by atoms with Crippen molar-refractivity contribution >= 4 is 5.82 Å². The number of piperidine rings is 1. The van der Waals surface area contributed by atoms with E-state index in [9.17, 15) is 5.11 Å². The first-order valence-electron chi connectivity index (χ1n) is 7.65. The quantitative estimate of drug-likeness (QED) is 0.858. The third kappa shape index (κ3) is 4.66. The number of hydrogen-bond donors (Lipinski definition) is 1. The number of anilines is 1. The number of hydrogen-bond acceptors (Lipinski definition) is 5. The van der Waals surface area contributed by atoms with Crippen molar-refractivity contribution in [3.63, 3.8) is 0 Å². The molecule has 5 nitrogen and oxygen atoms in total. The second-order valence-electron chi connectivity index (χ2n) is 6.01. The Balaban J connectivity index is 1.87. The maximum absolute atomic E-state index is 9.78. The normalized spacial score (nSPS) is 23.2. The lowest BCUT2D eigenvalue weighted by atomic mass is 9.96. The summed E-state index contributed by atoms with van der Waals surface area (Å²) in [5.74, 6) is 1.32. The average Bonchev–Trinajstić information content (AvgIpc) is 2.49. The maximum atomic E-state index is 9.78. The van der Waals surface area contributed by atoms with Crippen LogP contribution >= 0.6 is 0 Å². The summed E-state index contributed by atoms with van der Waals surface area (Å²) in [5, 5.41) is 9.78. The van der Waals surface area contributed by atoms with Gasteiger partial charge in [-0.2, -0.15) is 0 Å². The molecule has 5 heteroatoms. The number of likely N-dealkylation sites (N-methyl/N-ethyl adjacent to an activating group) is 1. The number of methoxy groups -OCH3 is 1. The molecule has 0 unspecified atom stereocenters. The highest BCUT2D eigenvalue weighted by Gasteiger charge is 2.23. The standard InChI is InChI=1S/C16H27N3O2/c1-13-11-19(7-6-15(13)20)12-14-4-5-16(17-10-14)18(2)8-9-21-3/h4-5,10,13,15,20H,6-9,11-12H2,1-3H3/t13-,15+/m1/s1. The van der Waals surface area contributed by atoms with Crippen LogP contribution < -0.4 is 4.90 Å². The fourth-order valence-electron chi connectivity index (χ4n) is 2.70. The van der Waals surface area contributed by atoms with Crippen molar-refractivity contribution in [3.05, 3.63) is 23.9 Å². The minimum Gasteiger partial charge on any atom is -0.393 e. The number of pyridine rings is 1. The lowest BCUT2D eigenvalue weighted by Crippen LogP contribution is -2.41. The van der Waals surface area contributed by atoms with Gasteiger partial charge in [-0.3, -0.25) is 4.90 Å². The molecule has 2 atom stereocenters. The summed E-state index contributed by atoms with van der Waals surface area (Å²) in [7, 11) is 3.73. The summed E-state index contributed by atoms with van der Waals surface area (Å²) in [4.78, 5) is 9.01. The summed E-state index contributed by atoms with van der Waals surface area (Å²) in [6.07, 6.45) is 2.68. The van der Waals surface area contributed by atoms with Gasteiger partial charge in [-0.15, -0.1) is 0 Å². The minimum atomic E-state index is -0.142. The molecule has 0 aromatic carbocycles. The molecule has 21 heavy (non-hydrogen) atoms. The van der Waals surface area contributed by atoms with E-state index < -0.39 is 0 Å². The largest absolute Gasteiger partial charge is 0.393 e. The van der Waals surface area contributed by atoms with E-state index in [-0.39, 0.29) is 6.10 Å². The maximum Gasteiger partial charge on any atom is 0.128 e. The molecule has 0 amide bonds. The fraction of sp³-hybridized carbons (Fsp3) is 0.688. The second-order valence-corrected chi connectivity index (χ2v) is 6.01. The van der Waals surface area contributed by atoms with E-state index in [0.717, 1.165) is 38.4 Å². The summed E-state index contributed by atoms with van der Waals surface area (Å²) < 4.78 is 5.08. The number of ether oxygens (including phenoxy) is 1. The molecule has 2 rings (SSSR count). The van der Waals surface area contributed by atoms with Crippen molar-refractivity contribution in [2.75, 3.05) is 45.3 Å². The summed E-state index contributed by atoms with van der Waals surface area (Å²) >= 11 is 0. The van der Waals surface area contributed by atoms with Crippen LogP contribution in [0.1, 0.15) is 18.9 Å². The first-order chi connectivity index (χ1) is 10.1. The van der Waals surface area contributed by atoms with Crippen molar-refractivity contribution in [1.82, 2.24) is 9.88 Å². The van der Waals surface area contributed by atoms with Crippen molar-refractivity contribution < 1.29 is 9.84 Å². The van der Waals surface area contributed by atoms with Crippen LogP contribution in [0.15, 0.2) is 18.3 Å². The Morgan fingerprint density at radius 2 is 2.29 bits per heavy atom. The fourth-order valence-corrected chi connectivity index (χ4v) is 2.70. The number of likely N-dealkylation sites (tertiary alicyclic amines) is 1. The Hall–Kier alpha value is -1.17. The van der Waals surface area contributed by atoms with Crippen LogP contribution in [0.2, 0.25) is 0 Å². The topological polar surface area (TPSA) is 48.8 Å². The van der Waals surface area contributed by atoms with E-state index in [1.165, 1.54) is 5.56 Å². The number of nitrogens with zero attached hydrogens (tertiary/aromatic N) is 3. The predicted octanol–water partition coefficient (Wildman–Crippen LogP) is 1.37. The molecule has 1 aliphatic heterocycles. The van der Waals surface area contributed by atoms with Gasteiger partial charge in [0.05, 0.1) is 12.7 Å². The highest BCUT2D eigenvalue weighted by molar-refractivity contribution is 5.38. The number of aromatic nitrogens is 1. The number of rotatable bonds is 6. The van der Waals surface area contributed by atoms with Gasteiger partial charge >= 0.3 is 0 Å². The van der Waals surface area contributed by atoms with E-state index >= 15 is 0 Å². The van der Waals surface area contributed by atoms with Crippen LogP contribution in [-0.2, 0) is 11.3 Å². The van der Waals surface area contributed by atoms with Crippen molar-refractivity contribution in [3.8, 4) is 0 Å². The SMILES string of the molecule is COCCN(C)c1ccc(CN2CC[C@H](O)[C@H](C)C2)cn1. The highest BCUT2D eigenvalue weighted by Crippen LogP contribution is 2.19. The molecule has 2 heterocycles.